The first-order valence-corrected chi connectivity index (χ1v) is 4.55. The lowest BCUT2D eigenvalue weighted by Gasteiger charge is -2.09. The Hall–Kier alpha value is -0.630. The summed E-state index contributed by atoms with van der Waals surface area (Å²) >= 11 is 4.34. The van der Waals surface area contributed by atoms with Crippen LogP contribution in [0.5, 0.6) is 5.75 Å². The number of thiol groups is 1. The lowest BCUT2D eigenvalue weighted by atomic mass is 10.1. The van der Waals surface area contributed by atoms with E-state index in [0.29, 0.717) is 5.25 Å². The number of ether oxygens (including phenoxy) is 1. The molecule has 0 aliphatic carbocycles. The Morgan fingerprint density at radius 1 is 1.42 bits per heavy atom. The SMILES string of the molecule is COc1ccccc1C[C@@H](C)S. The highest BCUT2D eigenvalue weighted by Gasteiger charge is 2.03. The molecule has 0 N–H and O–H groups in total. The molecule has 0 aliphatic rings. The molecule has 0 fully saturated rings. The van der Waals surface area contributed by atoms with Crippen LogP contribution in [0.3, 0.4) is 0 Å². The van der Waals surface area contributed by atoms with Gasteiger partial charge in [-0.15, -0.1) is 0 Å². The van der Waals surface area contributed by atoms with Crippen molar-refractivity contribution in [3.05, 3.63) is 29.8 Å². The van der Waals surface area contributed by atoms with E-state index < -0.39 is 0 Å². The molecule has 0 bridgehead atoms. The van der Waals surface area contributed by atoms with Crippen LogP contribution in [0.25, 0.3) is 0 Å². The topological polar surface area (TPSA) is 9.23 Å². The van der Waals surface area contributed by atoms with Crippen molar-refractivity contribution in [1.82, 2.24) is 0 Å². The van der Waals surface area contributed by atoms with Crippen LogP contribution < -0.4 is 4.74 Å². The van der Waals surface area contributed by atoms with E-state index >= 15 is 0 Å². The third-order valence-corrected chi connectivity index (χ3v) is 1.89. The van der Waals surface area contributed by atoms with E-state index in [-0.39, 0.29) is 0 Å². The molecule has 12 heavy (non-hydrogen) atoms. The molecular formula is C10H14OS. The number of methoxy groups -OCH3 is 1. The van der Waals surface area contributed by atoms with Crippen LogP contribution in [0.4, 0.5) is 0 Å². The first-order chi connectivity index (χ1) is 5.74. The Morgan fingerprint density at radius 2 is 2.08 bits per heavy atom. The van der Waals surface area contributed by atoms with E-state index in [2.05, 4.69) is 25.6 Å². The van der Waals surface area contributed by atoms with Gasteiger partial charge in [0.25, 0.3) is 0 Å². The Balaban J connectivity index is 2.82. The molecule has 1 rings (SSSR count). The summed E-state index contributed by atoms with van der Waals surface area (Å²) in [5.41, 5.74) is 1.22. The molecule has 0 unspecified atom stereocenters. The second-order valence-corrected chi connectivity index (χ2v) is 3.75. The van der Waals surface area contributed by atoms with E-state index in [4.69, 9.17) is 4.74 Å². The minimum Gasteiger partial charge on any atom is -0.496 e. The van der Waals surface area contributed by atoms with E-state index in [1.165, 1.54) is 5.56 Å². The van der Waals surface area contributed by atoms with E-state index in [9.17, 15) is 0 Å². The monoisotopic (exact) mass is 182 g/mol. The summed E-state index contributed by atoms with van der Waals surface area (Å²) in [6, 6.07) is 8.05. The van der Waals surface area contributed by atoms with Crippen LogP contribution in [0, 0.1) is 0 Å². The van der Waals surface area contributed by atoms with Crippen molar-refractivity contribution in [3.63, 3.8) is 0 Å². The van der Waals surface area contributed by atoms with E-state index in [1.54, 1.807) is 7.11 Å². The normalized spacial score (nSPS) is 12.6. The lowest BCUT2D eigenvalue weighted by molar-refractivity contribution is 0.409. The van der Waals surface area contributed by atoms with Gasteiger partial charge in [-0.3, -0.25) is 0 Å². The molecule has 0 amide bonds. The van der Waals surface area contributed by atoms with Crippen LogP contribution >= 0.6 is 12.6 Å². The van der Waals surface area contributed by atoms with Crippen LogP contribution in [-0.4, -0.2) is 12.4 Å². The molecule has 1 atom stereocenters. The Bertz CT molecular complexity index is 245. The number of hydrogen-bond acceptors (Lipinski definition) is 2. The average molecular weight is 182 g/mol. The van der Waals surface area contributed by atoms with Crippen molar-refractivity contribution in [3.8, 4) is 5.75 Å². The van der Waals surface area contributed by atoms with Gasteiger partial charge in [0, 0.05) is 5.25 Å². The second kappa shape index (κ2) is 4.41. The van der Waals surface area contributed by atoms with Crippen LogP contribution in [0.15, 0.2) is 24.3 Å². The summed E-state index contributed by atoms with van der Waals surface area (Å²) in [6.07, 6.45) is 0.952. The molecule has 0 radical (unpaired) electrons. The highest BCUT2D eigenvalue weighted by atomic mass is 32.1. The van der Waals surface area contributed by atoms with Gasteiger partial charge < -0.3 is 4.74 Å². The summed E-state index contributed by atoms with van der Waals surface area (Å²) in [5, 5.41) is 0.376. The Morgan fingerprint density at radius 3 is 2.67 bits per heavy atom. The largest absolute Gasteiger partial charge is 0.496 e. The highest BCUT2D eigenvalue weighted by Crippen LogP contribution is 2.19. The number of benzene rings is 1. The first kappa shape index (κ1) is 9.46. The van der Waals surface area contributed by atoms with Gasteiger partial charge in [-0.2, -0.15) is 12.6 Å². The summed E-state index contributed by atoms with van der Waals surface area (Å²) in [7, 11) is 1.70. The molecule has 1 nitrogen and oxygen atoms in total. The predicted molar refractivity (Wildman–Crippen MR) is 55.1 cm³/mol. The summed E-state index contributed by atoms with van der Waals surface area (Å²) in [5.74, 6) is 0.957. The molecule has 0 saturated heterocycles. The number of rotatable bonds is 3. The van der Waals surface area contributed by atoms with Crippen LogP contribution in [0.2, 0.25) is 0 Å². The molecule has 66 valence electrons. The van der Waals surface area contributed by atoms with Gasteiger partial charge in [-0.05, 0) is 18.1 Å². The van der Waals surface area contributed by atoms with Gasteiger partial charge in [0.05, 0.1) is 7.11 Å². The fourth-order valence-electron chi connectivity index (χ4n) is 1.19. The molecular weight excluding hydrogens is 168 g/mol. The zero-order valence-electron chi connectivity index (χ0n) is 7.45. The first-order valence-electron chi connectivity index (χ1n) is 4.04. The molecule has 0 heterocycles. The predicted octanol–water partition coefficient (Wildman–Crippen LogP) is 2.56. The molecule has 2 heteroatoms. The quantitative estimate of drug-likeness (QED) is 0.707. The van der Waals surface area contributed by atoms with Crippen molar-refractivity contribution < 1.29 is 4.74 Å². The fourth-order valence-corrected chi connectivity index (χ4v) is 1.39. The summed E-state index contributed by atoms with van der Waals surface area (Å²) in [6.45, 7) is 2.08. The van der Waals surface area contributed by atoms with Gasteiger partial charge in [0.1, 0.15) is 5.75 Å². The van der Waals surface area contributed by atoms with Gasteiger partial charge in [-0.25, -0.2) is 0 Å². The van der Waals surface area contributed by atoms with Gasteiger partial charge in [0.2, 0.25) is 0 Å². The minimum atomic E-state index is 0.376. The molecule has 0 aliphatic heterocycles. The van der Waals surface area contributed by atoms with Gasteiger partial charge in [-0.1, -0.05) is 25.1 Å². The standard InChI is InChI=1S/C10H14OS/c1-8(12)7-9-5-3-4-6-10(9)11-2/h3-6,8,12H,7H2,1-2H3/t8-/m1/s1. The fraction of sp³-hybridized carbons (Fsp3) is 0.400. The van der Waals surface area contributed by atoms with Crippen LogP contribution in [-0.2, 0) is 6.42 Å². The van der Waals surface area contributed by atoms with Crippen molar-refractivity contribution in [1.29, 1.82) is 0 Å². The van der Waals surface area contributed by atoms with Crippen molar-refractivity contribution in [2.24, 2.45) is 0 Å². The van der Waals surface area contributed by atoms with Crippen molar-refractivity contribution in [2.75, 3.05) is 7.11 Å². The molecule has 0 saturated carbocycles. The smallest absolute Gasteiger partial charge is 0.122 e. The van der Waals surface area contributed by atoms with Crippen molar-refractivity contribution in [2.45, 2.75) is 18.6 Å². The van der Waals surface area contributed by atoms with E-state index in [0.717, 1.165) is 12.2 Å². The van der Waals surface area contributed by atoms with Crippen molar-refractivity contribution >= 4 is 12.6 Å². The van der Waals surface area contributed by atoms with Gasteiger partial charge >= 0.3 is 0 Å². The second-order valence-electron chi connectivity index (χ2n) is 2.86. The molecule has 1 aromatic carbocycles. The average Bonchev–Trinajstić information content (AvgIpc) is 2.04. The number of hydrogen-bond donors (Lipinski definition) is 1. The van der Waals surface area contributed by atoms with Gasteiger partial charge in [0.15, 0.2) is 0 Å². The zero-order valence-corrected chi connectivity index (χ0v) is 8.34. The summed E-state index contributed by atoms with van der Waals surface area (Å²) < 4.78 is 5.21. The zero-order chi connectivity index (χ0) is 8.97. The Labute approximate surface area is 79.2 Å². The highest BCUT2D eigenvalue weighted by molar-refractivity contribution is 7.80. The maximum Gasteiger partial charge on any atom is 0.122 e. The third-order valence-electron chi connectivity index (χ3n) is 1.71. The summed E-state index contributed by atoms with van der Waals surface area (Å²) in [4.78, 5) is 0. The molecule has 1 aromatic rings. The maximum atomic E-state index is 5.21. The van der Waals surface area contributed by atoms with Crippen LogP contribution in [0.1, 0.15) is 12.5 Å². The molecule has 0 aromatic heterocycles. The number of para-hydroxylation sites is 1. The Kier molecular flexibility index (Phi) is 3.48. The maximum absolute atomic E-state index is 5.21. The minimum absolute atomic E-state index is 0.376. The van der Waals surface area contributed by atoms with E-state index in [1.807, 2.05) is 18.2 Å². The molecule has 0 spiro atoms. The lowest BCUT2D eigenvalue weighted by Crippen LogP contribution is -1.99. The third kappa shape index (κ3) is 2.45.